The largest absolute Gasteiger partial charge is 0.491 e. The number of aromatic nitrogens is 2. The number of rotatable bonds is 8. The molecule has 0 atom stereocenters. The molecule has 1 heterocycles. The van der Waals surface area contributed by atoms with Crippen molar-refractivity contribution in [3.05, 3.63) is 53.6 Å². The number of hydrogen-bond acceptors (Lipinski definition) is 4. The number of anilines is 1. The lowest BCUT2D eigenvalue weighted by atomic mass is 10.1. The van der Waals surface area contributed by atoms with Gasteiger partial charge in [0, 0.05) is 13.0 Å². The number of aromatic amines is 1. The van der Waals surface area contributed by atoms with Crippen molar-refractivity contribution in [2.24, 2.45) is 0 Å². The number of carbonyl (C=O) groups is 1. The zero-order chi connectivity index (χ0) is 18.5. The molecule has 2 aromatic carbocycles. The molecule has 136 valence electrons. The maximum Gasteiger partial charge on any atom is 0.303 e. The lowest BCUT2D eigenvalue weighted by molar-refractivity contribution is -0.136. The topological polar surface area (TPSA) is 87.2 Å². The third-order valence-electron chi connectivity index (χ3n) is 3.93. The predicted octanol–water partition coefficient (Wildman–Crippen LogP) is 3.98. The summed E-state index contributed by atoms with van der Waals surface area (Å²) in [6.45, 7) is 4.65. The average Bonchev–Trinajstić information content (AvgIpc) is 3.01. The van der Waals surface area contributed by atoms with Gasteiger partial charge < -0.3 is 20.1 Å². The second-order valence-corrected chi connectivity index (χ2v) is 6.49. The molecule has 1 aromatic heterocycles. The molecular weight excluding hydrogens is 330 g/mol. The first-order chi connectivity index (χ1) is 12.5. The summed E-state index contributed by atoms with van der Waals surface area (Å²) in [7, 11) is 0. The standard InChI is InChI=1S/C20H23N3O3/c1-13(2)26-16-7-3-15(4-8-16)12-21-20-22-17-9-5-14(6-10-19(24)25)11-18(17)23-20/h3-5,7-9,11,13H,6,10,12H2,1-2H3,(H,24,25)(H2,21,22,23). The van der Waals surface area contributed by atoms with Crippen LogP contribution in [0.4, 0.5) is 5.95 Å². The van der Waals surface area contributed by atoms with Crippen LogP contribution in [-0.2, 0) is 17.8 Å². The van der Waals surface area contributed by atoms with Gasteiger partial charge in [-0.2, -0.15) is 0 Å². The van der Waals surface area contributed by atoms with Gasteiger partial charge in [0.25, 0.3) is 0 Å². The number of fused-ring (bicyclic) bond motifs is 1. The van der Waals surface area contributed by atoms with Crippen LogP contribution < -0.4 is 10.1 Å². The van der Waals surface area contributed by atoms with Gasteiger partial charge in [0.05, 0.1) is 17.1 Å². The van der Waals surface area contributed by atoms with Crippen LogP contribution >= 0.6 is 0 Å². The lowest BCUT2D eigenvalue weighted by Crippen LogP contribution is -2.05. The molecule has 0 aliphatic heterocycles. The Morgan fingerprint density at radius 3 is 2.62 bits per heavy atom. The number of carboxylic acid groups (broad SMARTS) is 1. The number of H-pyrrole nitrogens is 1. The fourth-order valence-corrected chi connectivity index (χ4v) is 2.69. The molecule has 3 N–H and O–H groups in total. The highest BCUT2D eigenvalue weighted by Crippen LogP contribution is 2.18. The second kappa shape index (κ2) is 7.91. The van der Waals surface area contributed by atoms with E-state index in [2.05, 4.69) is 15.3 Å². The molecule has 6 nitrogen and oxygen atoms in total. The van der Waals surface area contributed by atoms with Gasteiger partial charge in [0.2, 0.25) is 5.95 Å². The Hall–Kier alpha value is -3.02. The van der Waals surface area contributed by atoms with E-state index >= 15 is 0 Å². The molecule has 0 aliphatic carbocycles. The molecule has 0 radical (unpaired) electrons. The Morgan fingerprint density at radius 2 is 1.92 bits per heavy atom. The first-order valence-corrected chi connectivity index (χ1v) is 8.69. The van der Waals surface area contributed by atoms with E-state index in [1.165, 1.54) is 0 Å². The summed E-state index contributed by atoms with van der Waals surface area (Å²) in [5.41, 5.74) is 3.85. The first-order valence-electron chi connectivity index (χ1n) is 8.69. The summed E-state index contributed by atoms with van der Waals surface area (Å²) >= 11 is 0. The zero-order valence-corrected chi connectivity index (χ0v) is 15.0. The van der Waals surface area contributed by atoms with Gasteiger partial charge in [-0.1, -0.05) is 18.2 Å². The van der Waals surface area contributed by atoms with Gasteiger partial charge in [-0.15, -0.1) is 0 Å². The number of imidazole rings is 1. The van der Waals surface area contributed by atoms with Crippen LogP contribution in [0.25, 0.3) is 11.0 Å². The van der Waals surface area contributed by atoms with Crippen molar-refractivity contribution in [3.8, 4) is 5.75 Å². The van der Waals surface area contributed by atoms with Crippen LogP contribution in [0.3, 0.4) is 0 Å². The monoisotopic (exact) mass is 353 g/mol. The van der Waals surface area contributed by atoms with Crippen molar-refractivity contribution in [1.82, 2.24) is 9.97 Å². The van der Waals surface area contributed by atoms with E-state index in [0.717, 1.165) is 27.9 Å². The van der Waals surface area contributed by atoms with Crippen LogP contribution in [0.5, 0.6) is 5.75 Å². The quantitative estimate of drug-likeness (QED) is 0.570. The predicted molar refractivity (Wildman–Crippen MR) is 102 cm³/mol. The van der Waals surface area contributed by atoms with Gasteiger partial charge in [-0.05, 0) is 55.7 Å². The molecule has 0 unspecified atom stereocenters. The number of carboxylic acids is 1. The zero-order valence-electron chi connectivity index (χ0n) is 15.0. The molecule has 0 spiro atoms. The summed E-state index contributed by atoms with van der Waals surface area (Å²) in [5.74, 6) is 0.763. The molecule has 0 saturated carbocycles. The van der Waals surface area contributed by atoms with Crippen molar-refractivity contribution in [2.45, 2.75) is 39.3 Å². The van der Waals surface area contributed by atoms with Gasteiger partial charge in [-0.25, -0.2) is 4.98 Å². The van der Waals surface area contributed by atoms with Crippen molar-refractivity contribution in [1.29, 1.82) is 0 Å². The van der Waals surface area contributed by atoms with E-state index in [1.807, 2.05) is 56.3 Å². The third kappa shape index (κ3) is 4.75. The minimum Gasteiger partial charge on any atom is -0.491 e. The van der Waals surface area contributed by atoms with E-state index in [0.29, 0.717) is 18.9 Å². The molecule has 0 aliphatic rings. The van der Waals surface area contributed by atoms with E-state index in [9.17, 15) is 4.79 Å². The fourth-order valence-electron chi connectivity index (χ4n) is 2.69. The Morgan fingerprint density at radius 1 is 1.19 bits per heavy atom. The molecular formula is C20H23N3O3. The fraction of sp³-hybridized carbons (Fsp3) is 0.300. The normalized spacial score (nSPS) is 11.0. The molecule has 0 bridgehead atoms. The number of aliphatic carboxylic acids is 1. The van der Waals surface area contributed by atoms with Crippen LogP contribution in [0.1, 0.15) is 31.4 Å². The van der Waals surface area contributed by atoms with Crippen LogP contribution in [-0.4, -0.2) is 27.1 Å². The molecule has 6 heteroatoms. The molecule has 0 amide bonds. The van der Waals surface area contributed by atoms with E-state index in [1.54, 1.807) is 0 Å². The van der Waals surface area contributed by atoms with Crippen LogP contribution in [0.2, 0.25) is 0 Å². The smallest absolute Gasteiger partial charge is 0.303 e. The van der Waals surface area contributed by atoms with Gasteiger partial charge in [0.15, 0.2) is 0 Å². The summed E-state index contributed by atoms with van der Waals surface area (Å²) < 4.78 is 5.64. The van der Waals surface area contributed by atoms with Crippen molar-refractivity contribution >= 4 is 23.0 Å². The SMILES string of the molecule is CC(C)Oc1ccc(CNc2nc3cc(CCC(=O)O)ccc3[nH]2)cc1. The number of ether oxygens (including phenoxy) is 1. The highest BCUT2D eigenvalue weighted by molar-refractivity contribution is 5.78. The van der Waals surface area contributed by atoms with Crippen LogP contribution in [0.15, 0.2) is 42.5 Å². The summed E-state index contributed by atoms with van der Waals surface area (Å²) in [4.78, 5) is 18.5. The summed E-state index contributed by atoms with van der Waals surface area (Å²) in [6.07, 6.45) is 0.790. The number of hydrogen-bond donors (Lipinski definition) is 3. The molecule has 3 aromatic rings. The first kappa shape index (κ1) is 17.8. The Labute approximate surface area is 152 Å². The minimum atomic E-state index is -0.792. The number of nitrogens with one attached hydrogen (secondary N) is 2. The number of nitrogens with zero attached hydrogens (tertiary/aromatic N) is 1. The van der Waals surface area contributed by atoms with E-state index in [-0.39, 0.29) is 12.5 Å². The average molecular weight is 353 g/mol. The maximum absolute atomic E-state index is 10.7. The molecule has 0 fully saturated rings. The second-order valence-electron chi connectivity index (χ2n) is 6.49. The molecule has 26 heavy (non-hydrogen) atoms. The number of benzene rings is 2. The highest BCUT2D eigenvalue weighted by Gasteiger charge is 2.06. The number of aryl methyl sites for hydroxylation is 1. The van der Waals surface area contributed by atoms with Gasteiger partial charge >= 0.3 is 5.97 Å². The van der Waals surface area contributed by atoms with Crippen LogP contribution in [0, 0.1) is 0 Å². The van der Waals surface area contributed by atoms with Crippen molar-refractivity contribution < 1.29 is 14.6 Å². The van der Waals surface area contributed by atoms with Crippen molar-refractivity contribution in [2.75, 3.05) is 5.32 Å². The Bertz CT molecular complexity index is 885. The maximum atomic E-state index is 10.7. The minimum absolute atomic E-state index is 0.123. The van der Waals surface area contributed by atoms with E-state index in [4.69, 9.17) is 9.84 Å². The molecule has 3 rings (SSSR count). The van der Waals surface area contributed by atoms with Gasteiger partial charge in [0.1, 0.15) is 5.75 Å². The summed E-state index contributed by atoms with van der Waals surface area (Å²) in [6, 6.07) is 13.8. The van der Waals surface area contributed by atoms with Crippen molar-refractivity contribution in [3.63, 3.8) is 0 Å². The van der Waals surface area contributed by atoms with Gasteiger partial charge in [-0.3, -0.25) is 4.79 Å². The molecule has 0 saturated heterocycles. The Balaban J connectivity index is 1.62. The lowest BCUT2D eigenvalue weighted by Gasteiger charge is -2.10. The Kier molecular flexibility index (Phi) is 5.41. The van der Waals surface area contributed by atoms with E-state index < -0.39 is 5.97 Å². The third-order valence-corrected chi connectivity index (χ3v) is 3.93. The summed E-state index contributed by atoms with van der Waals surface area (Å²) in [5, 5.41) is 12.1. The highest BCUT2D eigenvalue weighted by atomic mass is 16.5.